The molecule has 308 valence electrons. The number of ether oxygens (including phenoxy) is 2. The van der Waals surface area contributed by atoms with Gasteiger partial charge < -0.3 is 19.7 Å². The third-order valence-electron chi connectivity index (χ3n) is 7.52. The maximum absolute atomic E-state index is 14.9. The van der Waals surface area contributed by atoms with Gasteiger partial charge in [0.15, 0.2) is 0 Å². The Morgan fingerprint density at radius 1 is 0.483 bits per heavy atom. The molecule has 0 aromatic heterocycles. The molecule has 2 N–H and O–H groups in total. The van der Waals surface area contributed by atoms with Crippen molar-refractivity contribution in [1.29, 1.82) is 0 Å². The van der Waals surface area contributed by atoms with Gasteiger partial charge in [0, 0.05) is 62.4 Å². The summed E-state index contributed by atoms with van der Waals surface area (Å²) in [6, 6.07) is 23.5. The van der Waals surface area contributed by atoms with Gasteiger partial charge >= 0.3 is 3.18 Å². The van der Waals surface area contributed by atoms with E-state index in [9.17, 15) is 27.8 Å². The fraction of sp³-hybridized carbons (Fsp3) is 0.100. The summed E-state index contributed by atoms with van der Waals surface area (Å²) in [5, 5.41) is 20.4. The first-order valence-corrected chi connectivity index (χ1v) is 22.6. The molecule has 0 saturated heterocycles. The normalized spacial score (nSPS) is 10.1. The van der Waals surface area contributed by atoms with E-state index in [2.05, 4.69) is 111 Å². The van der Waals surface area contributed by atoms with Crippen molar-refractivity contribution in [3.8, 4) is 67.5 Å². The number of phenols is 2. The van der Waals surface area contributed by atoms with Crippen molar-refractivity contribution in [2.75, 3.05) is 19.6 Å². The van der Waals surface area contributed by atoms with E-state index in [1.54, 1.807) is 48.5 Å². The van der Waals surface area contributed by atoms with Crippen molar-refractivity contribution < 1.29 is 37.2 Å². The van der Waals surface area contributed by atoms with Crippen LogP contribution in [-0.2, 0) is 0 Å². The van der Waals surface area contributed by atoms with Crippen LogP contribution in [0.3, 0.4) is 0 Å². The second-order valence-electron chi connectivity index (χ2n) is 10.9. The first-order chi connectivity index (χ1) is 27.0. The fourth-order valence-electron chi connectivity index (χ4n) is 5.33. The molecule has 6 rings (SSSR count). The van der Waals surface area contributed by atoms with Crippen LogP contribution in [0.5, 0.6) is 23.0 Å². The molecule has 0 spiro atoms. The first-order valence-electron chi connectivity index (χ1n) is 15.6. The third kappa shape index (κ3) is 14.2. The number of hydrogen-bond acceptors (Lipinski definition) is 4. The first kappa shape index (κ1) is 52.4. The van der Waals surface area contributed by atoms with Gasteiger partial charge in [-0.3, -0.25) is 0 Å². The lowest BCUT2D eigenvalue weighted by atomic mass is 9.92. The Labute approximate surface area is 403 Å². The van der Waals surface area contributed by atoms with Crippen LogP contribution in [0.15, 0.2) is 115 Å². The van der Waals surface area contributed by atoms with Crippen molar-refractivity contribution in [2.24, 2.45) is 0 Å². The largest absolute Gasteiger partial charge is 0.507 e. The Balaban J connectivity index is 0.000000341. The van der Waals surface area contributed by atoms with E-state index >= 15 is 0 Å². The third-order valence-corrected chi connectivity index (χ3v) is 9.50. The Morgan fingerprint density at radius 2 is 0.707 bits per heavy atom. The molecular weight excluding hydrogens is 1260 g/mol. The van der Waals surface area contributed by atoms with Gasteiger partial charge in [0.1, 0.15) is 46.3 Å². The van der Waals surface area contributed by atoms with E-state index in [0.29, 0.717) is 31.6 Å². The molecule has 0 aliphatic heterocycles. The molecule has 0 aliphatic carbocycles. The summed E-state index contributed by atoms with van der Waals surface area (Å²) in [4.78, 5) is 0. The van der Waals surface area contributed by atoms with Crippen LogP contribution in [0.1, 0.15) is 7.43 Å². The number of halogens is 13. The van der Waals surface area contributed by atoms with E-state index in [0.717, 1.165) is 33.2 Å². The van der Waals surface area contributed by atoms with Gasteiger partial charge in [-0.1, -0.05) is 71.1 Å². The number of rotatable bonds is 6. The number of hydrogen-bond donors (Lipinski definition) is 2. The molecular formula is C40H30BBr7Cl2F4O4. The van der Waals surface area contributed by atoms with Crippen LogP contribution in [0.25, 0.3) is 44.5 Å². The van der Waals surface area contributed by atoms with Crippen LogP contribution in [0, 0.1) is 23.3 Å². The fourth-order valence-corrected chi connectivity index (χ4v) is 6.77. The van der Waals surface area contributed by atoms with E-state index in [1.165, 1.54) is 38.5 Å². The summed E-state index contributed by atoms with van der Waals surface area (Å²) >= 11 is 32.1. The molecule has 6 aromatic rings. The minimum absolute atomic E-state index is 0. The maximum Gasteiger partial charge on any atom is 0.369 e. The molecule has 4 nitrogen and oxygen atoms in total. The maximum atomic E-state index is 14.9. The van der Waals surface area contributed by atoms with E-state index < -0.39 is 23.3 Å². The monoisotopic (exact) mass is 1280 g/mol. The van der Waals surface area contributed by atoms with Gasteiger partial charge in [0.25, 0.3) is 0 Å². The minimum Gasteiger partial charge on any atom is -0.507 e. The number of aromatic hydroxyl groups is 2. The average molecular weight is 1290 g/mol. The number of methoxy groups -OCH3 is 2. The van der Waals surface area contributed by atoms with Gasteiger partial charge in [0.05, 0.1) is 19.6 Å². The molecule has 0 amide bonds. The van der Waals surface area contributed by atoms with Crippen molar-refractivity contribution in [1.82, 2.24) is 0 Å². The summed E-state index contributed by atoms with van der Waals surface area (Å²) in [6.45, 7) is 0. The Morgan fingerprint density at radius 3 is 0.966 bits per heavy atom. The number of alkyl halides is 2. The molecule has 0 atom stereocenters. The SMILES string of the molecule is BrB(Br)Br.C.COc1ccc(Br)cc1-c1c(F)ccc(F)c1-c1cc(Br)ccc1OC.ClCCl.Oc1ccc(Br)cc1-c1c(F)ccc(F)c1-c1cc(Br)ccc1O. The molecule has 0 aliphatic rings. The summed E-state index contributed by atoms with van der Waals surface area (Å²) in [6.07, 6.45) is 0. The summed E-state index contributed by atoms with van der Waals surface area (Å²) in [5.74, 6) is -2.05. The highest BCUT2D eigenvalue weighted by Crippen LogP contribution is 2.46. The van der Waals surface area contributed by atoms with Gasteiger partial charge in [-0.05, 0) is 97.1 Å². The van der Waals surface area contributed by atoms with E-state index in [-0.39, 0.29) is 60.8 Å². The second kappa shape index (κ2) is 25.2. The summed E-state index contributed by atoms with van der Waals surface area (Å²) in [5.41, 5.74) is 1.10. The van der Waals surface area contributed by atoms with Crippen LogP contribution < -0.4 is 9.47 Å². The van der Waals surface area contributed by atoms with Crippen molar-refractivity contribution >= 4 is 137 Å². The lowest BCUT2D eigenvalue weighted by molar-refractivity contribution is 0.415. The molecule has 0 unspecified atom stereocenters. The number of benzene rings is 6. The Hall–Kier alpha value is -1.76. The highest BCUT2D eigenvalue weighted by atomic mass is 79.9. The topological polar surface area (TPSA) is 58.9 Å². The standard InChI is InChI=1S/C20H14Br2F2O2.C18H10Br2F2O2.CH2Cl2.CH4.BBr3/c1-25-17-7-3-11(21)9-13(17)19-15(23)5-6-16(24)20(19)14-10-12(22)4-8-18(14)26-2;19-9-1-5-15(23)11(7-9)17-13(21)3-4-14(22)18(17)12-8-10(20)2-6-16(12)24;2-1-3;;2-1(3)4/h3-10H,1-2H3;1-8,23-24H;1H2;1H4;. The van der Waals surface area contributed by atoms with Crippen LogP contribution in [-0.4, -0.2) is 33.0 Å². The second-order valence-corrected chi connectivity index (χ2v) is 21.8. The molecule has 58 heavy (non-hydrogen) atoms. The predicted molar refractivity (Wildman–Crippen MR) is 258 cm³/mol. The smallest absolute Gasteiger partial charge is 0.369 e. The highest BCUT2D eigenvalue weighted by Gasteiger charge is 2.24. The van der Waals surface area contributed by atoms with Crippen LogP contribution >= 0.6 is 134 Å². The zero-order chi connectivity index (χ0) is 42.6. The minimum atomic E-state index is -0.709. The Kier molecular flexibility index (Phi) is 22.8. The van der Waals surface area contributed by atoms with Gasteiger partial charge in [-0.2, -0.15) is 0 Å². The molecule has 6 aromatic carbocycles. The van der Waals surface area contributed by atoms with Crippen molar-refractivity contribution in [3.05, 3.63) is 138 Å². The van der Waals surface area contributed by atoms with Crippen molar-refractivity contribution in [3.63, 3.8) is 0 Å². The zero-order valence-electron chi connectivity index (χ0n) is 29.1. The lowest BCUT2D eigenvalue weighted by Crippen LogP contribution is -1.98. The van der Waals surface area contributed by atoms with Gasteiger partial charge in [-0.15, -0.1) is 70.5 Å². The Bertz CT molecular complexity index is 2170. The summed E-state index contributed by atoms with van der Waals surface area (Å²) in [7, 11) is 2.98. The molecule has 0 bridgehead atoms. The predicted octanol–water partition coefficient (Wildman–Crippen LogP) is 17.3. The van der Waals surface area contributed by atoms with Gasteiger partial charge in [-0.25, -0.2) is 17.6 Å². The molecule has 0 heterocycles. The van der Waals surface area contributed by atoms with Gasteiger partial charge in [0.2, 0.25) is 0 Å². The van der Waals surface area contributed by atoms with Crippen LogP contribution in [0.2, 0.25) is 0 Å². The average Bonchev–Trinajstić information content (AvgIpc) is 3.15. The molecule has 18 heteroatoms. The molecule has 0 radical (unpaired) electrons. The molecule has 0 fully saturated rings. The zero-order valence-corrected chi connectivity index (χ0v) is 41.8. The van der Waals surface area contributed by atoms with Crippen LogP contribution in [0.4, 0.5) is 17.6 Å². The molecule has 0 saturated carbocycles. The summed E-state index contributed by atoms with van der Waals surface area (Å²) < 4.78 is 72.6. The lowest BCUT2D eigenvalue weighted by Gasteiger charge is -2.17. The highest BCUT2D eigenvalue weighted by molar-refractivity contribution is 9.69. The quantitative estimate of drug-likeness (QED) is 0.0991. The van der Waals surface area contributed by atoms with E-state index in [1.807, 2.05) is 0 Å². The number of phenolic OH excluding ortho intramolecular Hbond substituents is 2. The van der Waals surface area contributed by atoms with E-state index in [4.69, 9.17) is 32.7 Å². The van der Waals surface area contributed by atoms with Crippen molar-refractivity contribution in [2.45, 2.75) is 7.43 Å².